The largest absolute Gasteiger partial charge is 0.487 e. The summed E-state index contributed by atoms with van der Waals surface area (Å²) in [4.78, 5) is 18.5. The minimum absolute atomic E-state index is 0.0344. The van der Waals surface area contributed by atoms with Crippen molar-refractivity contribution in [3.8, 4) is 28.1 Å². The summed E-state index contributed by atoms with van der Waals surface area (Å²) in [5, 5.41) is 7.83. The van der Waals surface area contributed by atoms with E-state index < -0.39 is 5.57 Å². The van der Waals surface area contributed by atoms with E-state index >= 15 is 0 Å². The summed E-state index contributed by atoms with van der Waals surface area (Å²) in [5.74, 6) is 0.302. The molecule has 2 atom stereocenters. The molecule has 0 spiro atoms. The Morgan fingerprint density at radius 2 is 1.93 bits per heavy atom. The Bertz CT molecular complexity index is 1980. The third-order valence-corrected chi connectivity index (χ3v) is 8.89. The van der Waals surface area contributed by atoms with Crippen molar-refractivity contribution >= 4 is 34.2 Å². The number of carbonyl (C=O) groups excluding carboxylic acids is 1. The van der Waals surface area contributed by atoms with Crippen molar-refractivity contribution in [2.24, 2.45) is 0 Å². The molecule has 1 unspecified atom stereocenters. The number of aromatic nitrogens is 4. The molecule has 46 heavy (non-hydrogen) atoms. The maximum Gasteiger partial charge on any atom is 0.487 e. The standard InChI is InChI=1S/C34H30ClF2N5O4/c1-19-17-44-18-29-39-28-15-22(33(43)38-24-7-9-25(10-8-24)46-34(35,36)37)14-27(32(28)42(19)29)21-6-5-20-12-23-16-41(30-4-2-3-11-45-30)40-31(23)26(20)13-21/h5-10,13-16,19,30H,2-4,11-12,17-18H2,1H3,(H,38,43)/t19-,30?/m1/s1. The lowest BCUT2D eigenvalue weighted by atomic mass is 9.96. The first-order valence-electron chi connectivity index (χ1n) is 15.3. The van der Waals surface area contributed by atoms with Crippen LogP contribution < -0.4 is 10.1 Å². The third-order valence-electron chi connectivity index (χ3n) is 8.81. The maximum atomic E-state index is 13.6. The quantitative estimate of drug-likeness (QED) is 0.187. The molecule has 0 saturated carbocycles. The van der Waals surface area contributed by atoms with Crippen LogP contribution >= 0.6 is 11.6 Å². The molecule has 236 valence electrons. The molecule has 2 aromatic heterocycles. The predicted molar refractivity (Wildman–Crippen MR) is 168 cm³/mol. The van der Waals surface area contributed by atoms with Gasteiger partial charge >= 0.3 is 5.57 Å². The number of ether oxygens (including phenoxy) is 3. The molecule has 0 bridgehead atoms. The molecule has 12 heteroatoms. The Morgan fingerprint density at radius 3 is 2.72 bits per heavy atom. The van der Waals surface area contributed by atoms with E-state index in [0.717, 1.165) is 66.0 Å². The van der Waals surface area contributed by atoms with Crippen molar-refractivity contribution in [1.29, 1.82) is 0 Å². The maximum absolute atomic E-state index is 13.6. The third kappa shape index (κ3) is 5.32. The minimum Gasteiger partial charge on any atom is -0.420 e. The molecule has 3 aromatic carbocycles. The van der Waals surface area contributed by atoms with Crippen molar-refractivity contribution < 1.29 is 27.8 Å². The Labute approximate surface area is 268 Å². The van der Waals surface area contributed by atoms with E-state index in [9.17, 15) is 13.6 Å². The van der Waals surface area contributed by atoms with Gasteiger partial charge in [0, 0.05) is 58.8 Å². The summed E-state index contributed by atoms with van der Waals surface area (Å²) >= 11 is 4.87. The van der Waals surface area contributed by atoms with Gasteiger partial charge in [-0.15, -0.1) is 8.78 Å². The highest BCUT2D eigenvalue weighted by molar-refractivity contribution is 6.20. The van der Waals surface area contributed by atoms with Gasteiger partial charge in [0.05, 0.1) is 29.4 Å². The number of nitrogens with zero attached hydrogens (tertiary/aromatic N) is 4. The van der Waals surface area contributed by atoms with Crippen molar-refractivity contribution in [2.75, 3.05) is 18.5 Å². The molecule has 1 N–H and O–H groups in total. The van der Waals surface area contributed by atoms with Crippen LogP contribution in [0.25, 0.3) is 33.4 Å². The first-order chi connectivity index (χ1) is 22.2. The van der Waals surface area contributed by atoms with E-state index in [2.05, 4.69) is 45.9 Å². The zero-order chi connectivity index (χ0) is 31.6. The molecular weight excluding hydrogens is 616 g/mol. The van der Waals surface area contributed by atoms with Crippen LogP contribution in [0.1, 0.15) is 65.8 Å². The Kier molecular flexibility index (Phi) is 7.08. The monoisotopic (exact) mass is 645 g/mol. The minimum atomic E-state index is -3.83. The van der Waals surface area contributed by atoms with E-state index in [1.165, 1.54) is 35.4 Å². The van der Waals surface area contributed by atoms with Crippen LogP contribution in [0.5, 0.6) is 5.75 Å². The number of carbonyl (C=O) groups is 1. The van der Waals surface area contributed by atoms with Gasteiger partial charge in [0.2, 0.25) is 0 Å². The lowest BCUT2D eigenvalue weighted by Gasteiger charge is -2.24. The number of nitrogens with one attached hydrogen (secondary N) is 1. The van der Waals surface area contributed by atoms with E-state index in [1.54, 1.807) is 6.07 Å². The number of imidazole rings is 1. The van der Waals surface area contributed by atoms with E-state index in [4.69, 9.17) is 31.2 Å². The average Bonchev–Trinajstić information content (AvgIpc) is 3.72. The van der Waals surface area contributed by atoms with Gasteiger partial charge in [0.15, 0.2) is 0 Å². The first kappa shape index (κ1) is 29.1. The molecule has 9 nitrogen and oxygen atoms in total. The van der Waals surface area contributed by atoms with Crippen molar-refractivity contribution in [1.82, 2.24) is 19.3 Å². The zero-order valence-corrected chi connectivity index (χ0v) is 25.7. The second-order valence-corrected chi connectivity index (χ2v) is 12.5. The van der Waals surface area contributed by atoms with Crippen LogP contribution in [0.4, 0.5) is 14.5 Å². The van der Waals surface area contributed by atoms with Gasteiger partial charge < -0.3 is 24.1 Å². The SMILES string of the molecule is C[C@@H]1COCc2nc3cc(C(=O)Nc4ccc(OC(F)(F)Cl)cc4)cc(-c4ccc5c(c4)-c4nn(C6CCCCO6)cc4C5)c3n21. The number of hydrogen-bond acceptors (Lipinski definition) is 6. The smallest absolute Gasteiger partial charge is 0.420 e. The molecular formula is C34H30ClF2N5O4. The molecule has 1 saturated heterocycles. The van der Waals surface area contributed by atoms with Gasteiger partial charge in [0.1, 0.15) is 24.4 Å². The normalized spacial score (nSPS) is 19.0. The second-order valence-electron chi connectivity index (χ2n) is 12.0. The van der Waals surface area contributed by atoms with Crippen LogP contribution in [0.3, 0.4) is 0 Å². The van der Waals surface area contributed by atoms with Gasteiger partial charge in [-0.3, -0.25) is 4.79 Å². The van der Waals surface area contributed by atoms with Crippen molar-refractivity contribution in [2.45, 2.75) is 57.1 Å². The first-order valence-corrected chi connectivity index (χ1v) is 15.7. The predicted octanol–water partition coefficient (Wildman–Crippen LogP) is 7.68. The van der Waals surface area contributed by atoms with Crippen molar-refractivity contribution in [3.63, 3.8) is 0 Å². The summed E-state index contributed by atoms with van der Waals surface area (Å²) < 4.78 is 46.4. The fraction of sp³-hybridized carbons (Fsp3) is 0.324. The number of rotatable bonds is 6. The molecule has 2 aliphatic heterocycles. The number of benzene rings is 3. The van der Waals surface area contributed by atoms with Crippen molar-refractivity contribution in [3.05, 3.63) is 83.3 Å². The van der Waals surface area contributed by atoms with Gasteiger partial charge in [0.25, 0.3) is 5.91 Å². The highest BCUT2D eigenvalue weighted by atomic mass is 35.5. The van der Waals surface area contributed by atoms with Crippen LogP contribution in [0, 0.1) is 0 Å². The van der Waals surface area contributed by atoms with Crippen LogP contribution in [0.15, 0.2) is 60.8 Å². The van der Waals surface area contributed by atoms with Gasteiger partial charge in [-0.25, -0.2) is 9.67 Å². The fourth-order valence-corrected chi connectivity index (χ4v) is 6.82. The van der Waals surface area contributed by atoms with E-state index in [-0.39, 0.29) is 23.9 Å². The molecule has 1 aliphatic carbocycles. The van der Waals surface area contributed by atoms with Gasteiger partial charge in [-0.05, 0) is 79.8 Å². The number of hydrogen-bond donors (Lipinski definition) is 1. The average molecular weight is 646 g/mol. The molecule has 4 heterocycles. The van der Waals surface area contributed by atoms with Crippen LogP contribution in [-0.4, -0.2) is 44.0 Å². The van der Waals surface area contributed by atoms with Crippen LogP contribution in [-0.2, 0) is 22.5 Å². The molecule has 3 aliphatic rings. The summed E-state index contributed by atoms with van der Waals surface area (Å²) in [7, 11) is 0. The molecule has 8 rings (SSSR count). The Morgan fingerprint density at radius 1 is 1.09 bits per heavy atom. The molecule has 1 fully saturated rings. The fourth-order valence-electron chi connectivity index (χ4n) is 6.74. The summed E-state index contributed by atoms with van der Waals surface area (Å²) in [6.45, 7) is 3.78. The summed E-state index contributed by atoms with van der Waals surface area (Å²) in [5.41, 5.74) is 4.84. The molecule has 0 radical (unpaired) electrons. The van der Waals surface area contributed by atoms with E-state index in [0.29, 0.717) is 30.0 Å². The summed E-state index contributed by atoms with van der Waals surface area (Å²) in [6.07, 6.45) is 6.04. The zero-order valence-electron chi connectivity index (χ0n) is 24.9. The lowest BCUT2D eigenvalue weighted by Crippen LogP contribution is -2.21. The van der Waals surface area contributed by atoms with Gasteiger partial charge in [-0.2, -0.15) is 5.10 Å². The van der Waals surface area contributed by atoms with Gasteiger partial charge in [-0.1, -0.05) is 12.1 Å². The summed E-state index contributed by atoms with van der Waals surface area (Å²) in [6, 6.07) is 15.7. The highest BCUT2D eigenvalue weighted by Gasteiger charge is 2.29. The molecule has 1 amide bonds. The Balaban J connectivity index is 1.18. The number of amides is 1. The Hall–Kier alpha value is -4.32. The lowest BCUT2D eigenvalue weighted by molar-refractivity contribution is -0.0964. The number of alkyl halides is 3. The topological polar surface area (TPSA) is 92.4 Å². The molecule has 5 aromatic rings. The second kappa shape index (κ2) is 11.2. The highest BCUT2D eigenvalue weighted by Crippen LogP contribution is 2.42. The number of halogens is 3. The number of fused-ring (bicyclic) bond motifs is 6. The van der Waals surface area contributed by atoms with E-state index in [1.807, 2.05) is 10.7 Å². The van der Waals surface area contributed by atoms with Crippen LogP contribution in [0.2, 0.25) is 0 Å². The number of anilines is 1.